The third kappa shape index (κ3) is 3.14. The first-order valence-electron chi connectivity index (χ1n) is 4.82. The van der Waals surface area contributed by atoms with Crippen molar-refractivity contribution in [2.45, 2.75) is 12.7 Å². The molecule has 82 valence electrons. The van der Waals surface area contributed by atoms with Crippen LogP contribution in [0.25, 0.3) is 0 Å². The van der Waals surface area contributed by atoms with Crippen molar-refractivity contribution >= 4 is 0 Å². The summed E-state index contributed by atoms with van der Waals surface area (Å²) >= 11 is 0. The molecule has 1 aromatic heterocycles. The molecule has 1 fully saturated rings. The highest BCUT2D eigenvalue weighted by Crippen LogP contribution is 2.11. The van der Waals surface area contributed by atoms with Gasteiger partial charge in [0.2, 0.25) is 5.95 Å². The standard InChI is InChI=1S/C10H12FNO3/c11-9-2-1-8(7-12-9)13-4-3-10-14-5-6-15-10/h1-2,7,10H,3-6H2. The molecule has 1 aromatic rings. The van der Waals surface area contributed by atoms with Gasteiger partial charge in [0.05, 0.1) is 26.0 Å². The molecule has 0 spiro atoms. The Morgan fingerprint density at radius 1 is 1.40 bits per heavy atom. The first kappa shape index (κ1) is 10.3. The zero-order chi connectivity index (χ0) is 10.5. The SMILES string of the molecule is Fc1ccc(OCCC2OCCO2)cn1. The molecule has 0 atom stereocenters. The van der Waals surface area contributed by atoms with Crippen molar-refractivity contribution in [3.05, 3.63) is 24.3 Å². The van der Waals surface area contributed by atoms with Crippen LogP contribution >= 0.6 is 0 Å². The van der Waals surface area contributed by atoms with Gasteiger partial charge in [0.25, 0.3) is 0 Å². The van der Waals surface area contributed by atoms with E-state index in [0.29, 0.717) is 32.0 Å². The lowest BCUT2D eigenvalue weighted by molar-refractivity contribution is -0.0531. The Morgan fingerprint density at radius 2 is 2.20 bits per heavy atom. The zero-order valence-corrected chi connectivity index (χ0v) is 8.19. The van der Waals surface area contributed by atoms with Gasteiger partial charge in [0.1, 0.15) is 5.75 Å². The molecule has 0 amide bonds. The lowest BCUT2D eigenvalue weighted by Crippen LogP contribution is -2.12. The lowest BCUT2D eigenvalue weighted by atomic mass is 10.4. The maximum atomic E-state index is 12.4. The smallest absolute Gasteiger partial charge is 0.213 e. The van der Waals surface area contributed by atoms with E-state index in [2.05, 4.69) is 4.98 Å². The van der Waals surface area contributed by atoms with Crippen LogP contribution in [0, 0.1) is 5.95 Å². The summed E-state index contributed by atoms with van der Waals surface area (Å²) in [5, 5.41) is 0. The molecule has 0 aromatic carbocycles. The van der Waals surface area contributed by atoms with Gasteiger partial charge < -0.3 is 14.2 Å². The number of aromatic nitrogens is 1. The number of pyridine rings is 1. The highest BCUT2D eigenvalue weighted by atomic mass is 19.1. The molecule has 0 bridgehead atoms. The zero-order valence-electron chi connectivity index (χ0n) is 8.19. The molecule has 1 aliphatic heterocycles. The molecule has 2 heterocycles. The summed E-state index contributed by atoms with van der Waals surface area (Å²) in [5.74, 6) is 0.0409. The third-order valence-corrected chi connectivity index (χ3v) is 2.01. The fourth-order valence-corrected chi connectivity index (χ4v) is 1.29. The predicted molar refractivity (Wildman–Crippen MR) is 50.0 cm³/mol. The van der Waals surface area contributed by atoms with Crippen LogP contribution in [0.3, 0.4) is 0 Å². The molecule has 1 aliphatic rings. The number of hydrogen-bond donors (Lipinski definition) is 0. The second-order valence-electron chi connectivity index (χ2n) is 3.12. The largest absolute Gasteiger partial charge is 0.492 e. The van der Waals surface area contributed by atoms with Gasteiger partial charge in [-0.2, -0.15) is 4.39 Å². The van der Waals surface area contributed by atoms with Crippen LogP contribution in [0.15, 0.2) is 18.3 Å². The molecule has 0 unspecified atom stereocenters. The molecule has 0 N–H and O–H groups in total. The fourth-order valence-electron chi connectivity index (χ4n) is 1.29. The van der Waals surface area contributed by atoms with Crippen molar-refractivity contribution in [3.63, 3.8) is 0 Å². The van der Waals surface area contributed by atoms with Crippen LogP contribution < -0.4 is 4.74 Å². The molecule has 0 saturated carbocycles. The molecule has 15 heavy (non-hydrogen) atoms. The van der Waals surface area contributed by atoms with Crippen LogP contribution in [-0.2, 0) is 9.47 Å². The van der Waals surface area contributed by atoms with Crippen LogP contribution in [0.5, 0.6) is 5.75 Å². The van der Waals surface area contributed by atoms with Gasteiger partial charge in [-0.3, -0.25) is 0 Å². The maximum absolute atomic E-state index is 12.4. The Bertz CT molecular complexity index is 298. The summed E-state index contributed by atoms with van der Waals surface area (Å²) in [6, 6.07) is 2.80. The summed E-state index contributed by atoms with van der Waals surface area (Å²) in [6.07, 6.45) is 1.85. The Kier molecular flexibility index (Phi) is 3.47. The van der Waals surface area contributed by atoms with Gasteiger partial charge in [-0.1, -0.05) is 0 Å². The second kappa shape index (κ2) is 5.04. The summed E-state index contributed by atoms with van der Waals surface area (Å²) in [5.41, 5.74) is 0. The Balaban J connectivity index is 1.71. The van der Waals surface area contributed by atoms with Gasteiger partial charge in [0.15, 0.2) is 6.29 Å². The van der Waals surface area contributed by atoms with Crippen molar-refractivity contribution in [2.24, 2.45) is 0 Å². The molecule has 4 nitrogen and oxygen atoms in total. The molecule has 1 saturated heterocycles. The molecule has 2 rings (SSSR count). The third-order valence-electron chi connectivity index (χ3n) is 2.01. The fraction of sp³-hybridized carbons (Fsp3) is 0.500. The molecule has 0 radical (unpaired) electrons. The van der Waals surface area contributed by atoms with E-state index < -0.39 is 5.95 Å². The van der Waals surface area contributed by atoms with Crippen molar-refractivity contribution in [1.29, 1.82) is 0 Å². The molecule has 5 heteroatoms. The van der Waals surface area contributed by atoms with E-state index in [4.69, 9.17) is 14.2 Å². The topological polar surface area (TPSA) is 40.6 Å². The number of rotatable bonds is 4. The van der Waals surface area contributed by atoms with E-state index >= 15 is 0 Å². The van der Waals surface area contributed by atoms with Gasteiger partial charge in [-0.05, 0) is 12.1 Å². The van der Waals surface area contributed by atoms with Crippen LogP contribution in [0.2, 0.25) is 0 Å². The number of hydrogen-bond acceptors (Lipinski definition) is 4. The van der Waals surface area contributed by atoms with Gasteiger partial charge in [0, 0.05) is 6.42 Å². The van der Waals surface area contributed by atoms with E-state index in [1.54, 1.807) is 6.07 Å². The van der Waals surface area contributed by atoms with Crippen molar-refractivity contribution in [3.8, 4) is 5.75 Å². The Morgan fingerprint density at radius 3 is 2.87 bits per heavy atom. The van der Waals surface area contributed by atoms with Crippen molar-refractivity contribution in [2.75, 3.05) is 19.8 Å². The van der Waals surface area contributed by atoms with Gasteiger partial charge in [-0.25, -0.2) is 4.98 Å². The minimum Gasteiger partial charge on any atom is -0.492 e. The first-order chi connectivity index (χ1) is 7.34. The quantitative estimate of drug-likeness (QED) is 0.708. The van der Waals surface area contributed by atoms with E-state index in [-0.39, 0.29) is 6.29 Å². The summed E-state index contributed by atoms with van der Waals surface area (Å²) in [4.78, 5) is 3.48. The van der Waals surface area contributed by atoms with Gasteiger partial charge >= 0.3 is 0 Å². The monoisotopic (exact) mass is 213 g/mol. The van der Waals surface area contributed by atoms with E-state index in [1.165, 1.54) is 12.3 Å². The maximum Gasteiger partial charge on any atom is 0.213 e. The Hall–Kier alpha value is -1.20. The predicted octanol–water partition coefficient (Wildman–Crippen LogP) is 1.36. The first-order valence-corrected chi connectivity index (χ1v) is 4.82. The molecular weight excluding hydrogens is 201 g/mol. The number of halogens is 1. The number of ether oxygens (including phenoxy) is 3. The van der Waals surface area contributed by atoms with Crippen LogP contribution in [-0.4, -0.2) is 31.1 Å². The Labute approximate surface area is 87.0 Å². The number of nitrogens with zero attached hydrogens (tertiary/aromatic N) is 1. The van der Waals surface area contributed by atoms with Crippen LogP contribution in [0.1, 0.15) is 6.42 Å². The van der Waals surface area contributed by atoms with Crippen molar-refractivity contribution in [1.82, 2.24) is 4.98 Å². The minimum atomic E-state index is -0.509. The van der Waals surface area contributed by atoms with E-state index in [9.17, 15) is 4.39 Å². The van der Waals surface area contributed by atoms with Gasteiger partial charge in [-0.15, -0.1) is 0 Å². The average molecular weight is 213 g/mol. The highest BCUT2D eigenvalue weighted by Gasteiger charge is 2.15. The minimum absolute atomic E-state index is 0.168. The highest BCUT2D eigenvalue weighted by molar-refractivity contribution is 5.15. The molecule has 0 aliphatic carbocycles. The van der Waals surface area contributed by atoms with Crippen LogP contribution in [0.4, 0.5) is 4.39 Å². The second-order valence-corrected chi connectivity index (χ2v) is 3.12. The summed E-state index contributed by atoms with van der Waals surface area (Å²) in [7, 11) is 0. The molecular formula is C10H12FNO3. The lowest BCUT2D eigenvalue weighted by Gasteiger charge is -2.09. The van der Waals surface area contributed by atoms with E-state index in [0.717, 1.165) is 0 Å². The normalized spacial score (nSPS) is 16.9. The summed E-state index contributed by atoms with van der Waals surface area (Å²) in [6.45, 7) is 1.75. The van der Waals surface area contributed by atoms with E-state index in [1.807, 2.05) is 0 Å². The average Bonchev–Trinajstić information content (AvgIpc) is 2.74. The summed E-state index contributed by atoms with van der Waals surface area (Å²) < 4.78 is 28.2. The van der Waals surface area contributed by atoms with Crippen molar-refractivity contribution < 1.29 is 18.6 Å².